The maximum atomic E-state index is 9.55. The fourth-order valence-electron chi connectivity index (χ4n) is 0.0962. The van der Waals surface area contributed by atoms with Crippen LogP contribution in [0.5, 0.6) is 0 Å². The molecule has 0 saturated heterocycles. The van der Waals surface area contributed by atoms with Crippen molar-refractivity contribution in [1.29, 1.82) is 0 Å². The van der Waals surface area contributed by atoms with Crippen LogP contribution in [0.3, 0.4) is 0 Å². The van der Waals surface area contributed by atoms with Gasteiger partial charge in [-0.1, -0.05) is 0 Å². The van der Waals surface area contributed by atoms with Gasteiger partial charge in [-0.15, -0.1) is 4.52 Å². The van der Waals surface area contributed by atoms with Crippen molar-refractivity contribution in [3.05, 3.63) is 0 Å². The van der Waals surface area contributed by atoms with Crippen LogP contribution < -0.4 is 0 Å². The Morgan fingerprint density at radius 3 is 2.17 bits per heavy atom. The molecule has 0 heterocycles. The molecule has 0 aromatic carbocycles. The lowest BCUT2D eigenvalue weighted by Gasteiger charge is -1.83. The smallest absolute Gasteiger partial charge is 0.145 e. The maximum Gasteiger partial charge on any atom is 0.494 e. The Balaban J connectivity index is 2.81. The zero-order valence-corrected chi connectivity index (χ0v) is 4.89. The van der Waals surface area contributed by atoms with Crippen LogP contribution in [0, 0.1) is 0 Å². The quantitative estimate of drug-likeness (QED) is 0.498. The largest absolute Gasteiger partial charge is 0.494 e. The molecule has 36 valence electrons. The Morgan fingerprint density at radius 1 is 1.67 bits per heavy atom. The second kappa shape index (κ2) is 3.26. The second-order valence-corrected chi connectivity index (χ2v) is 1.65. The molecule has 0 saturated carbocycles. The van der Waals surface area contributed by atoms with Crippen molar-refractivity contribution >= 4 is 8.69 Å². The predicted octanol–water partition coefficient (Wildman–Crippen LogP) is 1.35. The van der Waals surface area contributed by atoms with Crippen LogP contribution in [0.4, 0.5) is 0 Å². The Kier molecular flexibility index (Phi) is 3.29. The Morgan fingerprint density at radius 2 is 2.17 bits per heavy atom. The van der Waals surface area contributed by atoms with E-state index in [9.17, 15) is 4.57 Å². The van der Waals surface area contributed by atoms with Crippen molar-refractivity contribution in [2.75, 3.05) is 0 Å². The molecule has 0 aliphatic carbocycles. The fourth-order valence-corrected chi connectivity index (χ4v) is 0.289. The second-order valence-electron chi connectivity index (χ2n) is 1.25. The van der Waals surface area contributed by atoms with Gasteiger partial charge in [0, 0.05) is 0 Å². The van der Waals surface area contributed by atoms with Crippen LogP contribution in [0.2, 0.25) is 0 Å². The first kappa shape index (κ1) is 6.06. The molecule has 0 aliphatic heterocycles. The third kappa shape index (κ3) is 4.06. The summed E-state index contributed by atoms with van der Waals surface area (Å²) in [5.74, 6) is 0. The molecule has 0 spiro atoms. The summed E-state index contributed by atoms with van der Waals surface area (Å²) in [4.78, 5) is 0. The maximum absolute atomic E-state index is 9.55. The summed E-state index contributed by atoms with van der Waals surface area (Å²) in [7, 11) is -0.612. The topological polar surface area (TPSA) is 26.3 Å². The van der Waals surface area contributed by atoms with E-state index in [0.29, 0.717) is 0 Å². The van der Waals surface area contributed by atoms with E-state index in [0.717, 1.165) is 0 Å². The average molecular weight is 107 g/mol. The SMILES string of the molecule is CC(C)O[PH+]=O. The molecule has 6 heavy (non-hydrogen) atoms. The summed E-state index contributed by atoms with van der Waals surface area (Å²) in [5, 5.41) is 0. The third-order valence-electron chi connectivity index (χ3n) is 0.284. The van der Waals surface area contributed by atoms with Crippen LogP contribution in [0.1, 0.15) is 13.8 Å². The van der Waals surface area contributed by atoms with Crippen LogP contribution in [-0.4, -0.2) is 6.10 Å². The van der Waals surface area contributed by atoms with Gasteiger partial charge in [-0.3, -0.25) is 0 Å². The van der Waals surface area contributed by atoms with Crippen molar-refractivity contribution in [2.24, 2.45) is 0 Å². The molecule has 0 aromatic heterocycles. The molecule has 0 fully saturated rings. The van der Waals surface area contributed by atoms with Gasteiger partial charge in [-0.25, -0.2) is 0 Å². The number of hydrogen-bond donors (Lipinski definition) is 0. The van der Waals surface area contributed by atoms with E-state index in [-0.39, 0.29) is 6.10 Å². The van der Waals surface area contributed by atoms with Crippen molar-refractivity contribution in [1.82, 2.24) is 0 Å². The van der Waals surface area contributed by atoms with Gasteiger partial charge in [0.25, 0.3) is 0 Å². The third-order valence-corrected chi connectivity index (χ3v) is 0.851. The molecular weight excluding hydrogens is 99.0 g/mol. The number of rotatable bonds is 2. The summed E-state index contributed by atoms with van der Waals surface area (Å²) in [6.07, 6.45) is 0.0980. The molecule has 1 unspecified atom stereocenters. The first-order chi connectivity index (χ1) is 2.77. The zero-order chi connectivity index (χ0) is 4.99. The normalized spacial score (nSPS) is 10.5. The van der Waals surface area contributed by atoms with Gasteiger partial charge in [0.15, 0.2) is 0 Å². The molecular formula is C3H8O2P+. The highest BCUT2D eigenvalue weighted by atomic mass is 31.1. The minimum absolute atomic E-state index is 0.0980. The monoisotopic (exact) mass is 107 g/mol. The highest BCUT2D eigenvalue weighted by Gasteiger charge is 1.94. The molecule has 0 radical (unpaired) electrons. The van der Waals surface area contributed by atoms with Crippen molar-refractivity contribution in [3.63, 3.8) is 0 Å². The minimum Gasteiger partial charge on any atom is -0.145 e. The van der Waals surface area contributed by atoms with Gasteiger partial charge in [0.05, 0.1) is 0 Å². The predicted molar refractivity (Wildman–Crippen MR) is 25.2 cm³/mol. The molecule has 0 aromatic rings. The minimum atomic E-state index is -0.612. The molecule has 1 atom stereocenters. The zero-order valence-electron chi connectivity index (χ0n) is 3.89. The van der Waals surface area contributed by atoms with E-state index in [1.165, 1.54) is 0 Å². The molecule has 3 heteroatoms. The van der Waals surface area contributed by atoms with Crippen LogP contribution in [0.15, 0.2) is 0 Å². The van der Waals surface area contributed by atoms with Gasteiger partial charge < -0.3 is 0 Å². The number of hydrogen-bond acceptors (Lipinski definition) is 2. The summed E-state index contributed by atoms with van der Waals surface area (Å²) in [5.41, 5.74) is 0. The van der Waals surface area contributed by atoms with E-state index in [1.807, 2.05) is 13.8 Å². The van der Waals surface area contributed by atoms with E-state index in [2.05, 4.69) is 4.52 Å². The average Bonchev–Trinajstić information content (AvgIpc) is 1.35. The van der Waals surface area contributed by atoms with Crippen molar-refractivity contribution < 1.29 is 9.09 Å². The lowest BCUT2D eigenvalue weighted by molar-refractivity contribution is 0.267. The summed E-state index contributed by atoms with van der Waals surface area (Å²) >= 11 is 0. The highest BCUT2D eigenvalue weighted by molar-refractivity contribution is 7.17. The Bertz CT molecular complexity index is 44.1. The first-order valence-corrected chi connectivity index (χ1v) is 2.62. The van der Waals surface area contributed by atoms with E-state index in [4.69, 9.17) is 0 Å². The van der Waals surface area contributed by atoms with Crippen LogP contribution >= 0.6 is 8.69 Å². The Labute approximate surface area is 38.8 Å². The molecule has 0 rings (SSSR count). The molecule has 2 nitrogen and oxygen atoms in total. The Hall–Kier alpha value is 0.0600. The summed E-state index contributed by atoms with van der Waals surface area (Å²) in [6.45, 7) is 3.68. The van der Waals surface area contributed by atoms with Crippen molar-refractivity contribution in [2.45, 2.75) is 20.0 Å². The summed E-state index contributed by atoms with van der Waals surface area (Å²) < 4.78 is 14.1. The summed E-state index contributed by atoms with van der Waals surface area (Å²) in [6, 6.07) is 0. The molecule has 0 amide bonds. The highest BCUT2D eigenvalue weighted by Crippen LogP contribution is 1.98. The molecule has 0 aliphatic rings. The first-order valence-electron chi connectivity index (χ1n) is 1.80. The van der Waals surface area contributed by atoms with Crippen LogP contribution in [-0.2, 0) is 9.09 Å². The fraction of sp³-hybridized carbons (Fsp3) is 1.00. The van der Waals surface area contributed by atoms with Crippen LogP contribution in [0.25, 0.3) is 0 Å². The van der Waals surface area contributed by atoms with Gasteiger partial charge in [0.1, 0.15) is 6.10 Å². The van der Waals surface area contributed by atoms with Gasteiger partial charge in [-0.05, 0) is 18.4 Å². The van der Waals surface area contributed by atoms with Gasteiger partial charge in [-0.2, -0.15) is 0 Å². The molecule has 0 N–H and O–H groups in total. The molecule has 0 bridgehead atoms. The van der Waals surface area contributed by atoms with E-state index in [1.54, 1.807) is 0 Å². The lowest BCUT2D eigenvalue weighted by Crippen LogP contribution is -1.89. The van der Waals surface area contributed by atoms with Crippen molar-refractivity contribution in [3.8, 4) is 0 Å². The standard InChI is InChI=1S/C3H8O2P/c1-3(2)5-6-4/h3,6H,1-2H3/q+1. The van der Waals surface area contributed by atoms with Gasteiger partial charge >= 0.3 is 8.69 Å². The van der Waals surface area contributed by atoms with E-state index < -0.39 is 8.69 Å². The van der Waals surface area contributed by atoms with Gasteiger partial charge in [0.2, 0.25) is 0 Å². The van der Waals surface area contributed by atoms with E-state index >= 15 is 0 Å². The lowest BCUT2D eigenvalue weighted by atomic mass is 10.5.